The molecule has 0 radical (unpaired) electrons. The average Bonchev–Trinajstić information content (AvgIpc) is 2.76. The molecule has 1 nitrogen and oxygen atoms in total. The van der Waals surface area contributed by atoms with Gasteiger partial charge in [-0.25, -0.2) is 4.39 Å². The Balaban J connectivity index is 2.27. The van der Waals surface area contributed by atoms with Crippen molar-refractivity contribution in [1.29, 1.82) is 0 Å². The van der Waals surface area contributed by atoms with Crippen molar-refractivity contribution >= 4 is 23.7 Å². The van der Waals surface area contributed by atoms with Gasteiger partial charge in [-0.3, -0.25) is 4.79 Å². The summed E-state index contributed by atoms with van der Waals surface area (Å²) < 4.78 is 12.7. The third-order valence-corrected chi connectivity index (χ3v) is 3.19. The van der Waals surface area contributed by atoms with E-state index in [0.717, 1.165) is 21.6 Å². The Kier molecular flexibility index (Phi) is 3.27. The molecular formula is C13H9FOS. The highest BCUT2D eigenvalue weighted by atomic mass is 32.1. The monoisotopic (exact) mass is 232 g/mol. The molecule has 2 aromatic rings. The van der Waals surface area contributed by atoms with Crippen LogP contribution in [0.2, 0.25) is 0 Å². The van der Waals surface area contributed by atoms with Gasteiger partial charge in [0.25, 0.3) is 0 Å². The zero-order valence-corrected chi connectivity index (χ0v) is 9.21. The number of allylic oxidation sites excluding steroid dienone is 1. The molecule has 0 N–H and O–H groups in total. The van der Waals surface area contributed by atoms with Crippen LogP contribution in [0.5, 0.6) is 0 Å². The SMILES string of the molecule is O=CC=Cc1ccc(-c2ccc(F)cc2)s1. The predicted octanol–water partition coefficient (Wildman–Crippen LogP) is 3.77. The van der Waals surface area contributed by atoms with Crippen LogP contribution in [0.15, 0.2) is 42.5 Å². The second-order valence-electron chi connectivity index (χ2n) is 3.20. The maximum absolute atomic E-state index is 12.7. The Labute approximate surface area is 96.9 Å². The third-order valence-electron chi connectivity index (χ3n) is 2.09. The zero-order chi connectivity index (χ0) is 11.4. The molecule has 0 atom stereocenters. The summed E-state index contributed by atoms with van der Waals surface area (Å²) in [4.78, 5) is 12.2. The van der Waals surface area contributed by atoms with Crippen LogP contribution in [0.25, 0.3) is 16.5 Å². The van der Waals surface area contributed by atoms with Gasteiger partial charge in [0, 0.05) is 9.75 Å². The number of halogens is 1. The van der Waals surface area contributed by atoms with Crippen LogP contribution in [0, 0.1) is 5.82 Å². The molecule has 0 spiro atoms. The van der Waals surface area contributed by atoms with Crippen molar-refractivity contribution in [1.82, 2.24) is 0 Å². The summed E-state index contributed by atoms with van der Waals surface area (Å²) in [5.41, 5.74) is 0.983. The second-order valence-corrected chi connectivity index (χ2v) is 4.32. The van der Waals surface area contributed by atoms with E-state index < -0.39 is 0 Å². The first-order valence-electron chi connectivity index (χ1n) is 4.77. The van der Waals surface area contributed by atoms with Crippen LogP contribution in [0.4, 0.5) is 4.39 Å². The molecule has 3 heteroatoms. The van der Waals surface area contributed by atoms with Crippen LogP contribution in [0.3, 0.4) is 0 Å². The topological polar surface area (TPSA) is 17.1 Å². The first-order chi connectivity index (χ1) is 7.79. The lowest BCUT2D eigenvalue weighted by Crippen LogP contribution is -1.73. The van der Waals surface area contributed by atoms with Crippen LogP contribution in [0.1, 0.15) is 4.88 Å². The predicted molar refractivity (Wildman–Crippen MR) is 64.8 cm³/mol. The highest BCUT2D eigenvalue weighted by Gasteiger charge is 2.01. The first-order valence-corrected chi connectivity index (χ1v) is 5.59. The average molecular weight is 232 g/mol. The van der Waals surface area contributed by atoms with E-state index in [1.54, 1.807) is 29.5 Å². The van der Waals surface area contributed by atoms with Crippen molar-refractivity contribution in [3.8, 4) is 10.4 Å². The molecule has 80 valence electrons. The number of carbonyl (C=O) groups is 1. The van der Waals surface area contributed by atoms with E-state index in [4.69, 9.17) is 0 Å². The van der Waals surface area contributed by atoms with Gasteiger partial charge in [-0.05, 0) is 42.0 Å². The van der Waals surface area contributed by atoms with Gasteiger partial charge >= 0.3 is 0 Å². The fraction of sp³-hybridized carbons (Fsp3) is 0. The Morgan fingerprint density at radius 3 is 2.50 bits per heavy atom. The number of rotatable bonds is 3. The van der Waals surface area contributed by atoms with Crippen molar-refractivity contribution in [2.24, 2.45) is 0 Å². The van der Waals surface area contributed by atoms with Gasteiger partial charge in [-0.15, -0.1) is 11.3 Å². The molecular weight excluding hydrogens is 223 g/mol. The fourth-order valence-electron chi connectivity index (χ4n) is 1.35. The van der Waals surface area contributed by atoms with E-state index in [2.05, 4.69) is 0 Å². The minimum atomic E-state index is -0.235. The molecule has 1 heterocycles. The molecule has 0 saturated heterocycles. The van der Waals surface area contributed by atoms with E-state index in [-0.39, 0.29) is 5.82 Å². The maximum atomic E-state index is 12.7. The molecule has 0 aliphatic rings. The van der Waals surface area contributed by atoms with Gasteiger partial charge in [0.1, 0.15) is 12.1 Å². The molecule has 2 rings (SSSR count). The van der Waals surface area contributed by atoms with E-state index in [1.165, 1.54) is 18.2 Å². The summed E-state index contributed by atoms with van der Waals surface area (Å²) in [6, 6.07) is 10.3. The second kappa shape index (κ2) is 4.86. The summed E-state index contributed by atoms with van der Waals surface area (Å²) in [6.07, 6.45) is 3.96. The molecule has 0 bridgehead atoms. The zero-order valence-electron chi connectivity index (χ0n) is 8.39. The lowest BCUT2D eigenvalue weighted by Gasteiger charge is -1.95. The summed E-state index contributed by atoms with van der Waals surface area (Å²) >= 11 is 1.56. The van der Waals surface area contributed by atoms with Gasteiger partial charge in [0.05, 0.1) is 0 Å². The third kappa shape index (κ3) is 2.44. The molecule has 1 aromatic carbocycles. The van der Waals surface area contributed by atoms with Gasteiger partial charge in [-0.2, -0.15) is 0 Å². The summed E-state index contributed by atoms with van der Waals surface area (Å²) in [5.74, 6) is -0.235. The maximum Gasteiger partial charge on any atom is 0.142 e. The van der Waals surface area contributed by atoms with Crippen LogP contribution in [-0.4, -0.2) is 6.29 Å². The standard InChI is InChI=1S/C13H9FOS/c14-11-5-3-10(4-6-11)13-8-7-12(16-13)2-1-9-15/h1-9H. The molecule has 0 aliphatic heterocycles. The summed E-state index contributed by atoms with van der Waals surface area (Å²) in [6.45, 7) is 0. The molecule has 0 amide bonds. The molecule has 16 heavy (non-hydrogen) atoms. The van der Waals surface area contributed by atoms with Crippen molar-refractivity contribution in [2.75, 3.05) is 0 Å². The number of hydrogen-bond acceptors (Lipinski definition) is 2. The fourth-order valence-corrected chi connectivity index (χ4v) is 2.27. The van der Waals surface area contributed by atoms with Crippen LogP contribution < -0.4 is 0 Å². The van der Waals surface area contributed by atoms with Crippen molar-refractivity contribution < 1.29 is 9.18 Å². The minimum Gasteiger partial charge on any atom is -0.299 e. The number of thiophene rings is 1. The van der Waals surface area contributed by atoms with Crippen molar-refractivity contribution in [3.05, 3.63) is 53.2 Å². The summed E-state index contributed by atoms with van der Waals surface area (Å²) in [5, 5.41) is 0. The van der Waals surface area contributed by atoms with Crippen molar-refractivity contribution in [2.45, 2.75) is 0 Å². The number of aldehydes is 1. The quantitative estimate of drug-likeness (QED) is 0.581. The molecule has 0 fully saturated rings. The highest BCUT2D eigenvalue weighted by Crippen LogP contribution is 2.28. The van der Waals surface area contributed by atoms with Gasteiger partial charge in [0.2, 0.25) is 0 Å². The normalized spacial score (nSPS) is 10.8. The lowest BCUT2D eigenvalue weighted by atomic mass is 10.2. The van der Waals surface area contributed by atoms with E-state index >= 15 is 0 Å². The van der Waals surface area contributed by atoms with Gasteiger partial charge in [0.15, 0.2) is 0 Å². The highest BCUT2D eigenvalue weighted by molar-refractivity contribution is 7.16. The minimum absolute atomic E-state index is 0.235. The Morgan fingerprint density at radius 1 is 1.06 bits per heavy atom. The number of benzene rings is 1. The lowest BCUT2D eigenvalue weighted by molar-refractivity contribution is -0.104. The Hall–Kier alpha value is -1.74. The molecule has 0 unspecified atom stereocenters. The van der Waals surface area contributed by atoms with Crippen LogP contribution in [-0.2, 0) is 4.79 Å². The van der Waals surface area contributed by atoms with E-state index in [9.17, 15) is 9.18 Å². The Morgan fingerprint density at radius 2 is 1.81 bits per heavy atom. The molecule has 0 aliphatic carbocycles. The Bertz CT molecular complexity index is 511. The number of carbonyl (C=O) groups excluding carboxylic acids is 1. The molecule has 0 saturated carbocycles. The summed E-state index contributed by atoms with van der Waals surface area (Å²) in [7, 11) is 0. The number of hydrogen-bond donors (Lipinski definition) is 0. The molecule has 1 aromatic heterocycles. The van der Waals surface area contributed by atoms with Gasteiger partial charge < -0.3 is 0 Å². The van der Waals surface area contributed by atoms with E-state index in [0.29, 0.717) is 0 Å². The van der Waals surface area contributed by atoms with Crippen LogP contribution >= 0.6 is 11.3 Å². The first kappa shape index (κ1) is 10.8. The van der Waals surface area contributed by atoms with E-state index in [1.807, 2.05) is 12.1 Å². The van der Waals surface area contributed by atoms with Gasteiger partial charge in [-0.1, -0.05) is 12.1 Å². The van der Waals surface area contributed by atoms with Crippen molar-refractivity contribution in [3.63, 3.8) is 0 Å². The largest absolute Gasteiger partial charge is 0.299 e. The smallest absolute Gasteiger partial charge is 0.142 e.